The van der Waals surface area contributed by atoms with Gasteiger partial charge in [0, 0.05) is 32.2 Å². The lowest BCUT2D eigenvalue weighted by Crippen LogP contribution is -2.29. The molecule has 2 rings (SSSR count). The van der Waals surface area contributed by atoms with Crippen molar-refractivity contribution in [2.45, 2.75) is 33.1 Å². The Morgan fingerprint density at radius 2 is 2.21 bits per heavy atom. The lowest BCUT2D eigenvalue weighted by atomic mass is 9.99. The molecule has 19 heavy (non-hydrogen) atoms. The first-order valence-electron chi connectivity index (χ1n) is 6.97. The number of hydrogen-bond donors (Lipinski definition) is 1. The molecule has 0 aromatic carbocycles. The Bertz CT molecular complexity index is 434. The predicted octanol–water partition coefficient (Wildman–Crippen LogP) is 1.98. The fourth-order valence-corrected chi connectivity index (χ4v) is 2.35. The predicted molar refractivity (Wildman–Crippen MR) is 73.9 cm³/mol. The van der Waals surface area contributed by atoms with Crippen molar-refractivity contribution in [2.24, 2.45) is 18.9 Å². The summed E-state index contributed by atoms with van der Waals surface area (Å²) in [5, 5.41) is 7.41. The summed E-state index contributed by atoms with van der Waals surface area (Å²) < 4.78 is 7.02. The molecule has 2 heterocycles. The third kappa shape index (κ3) is 3.80. The van der Waals surface area contributed by atoms with Gasteiger partial charge in [-0.2, -0.15) is 5.10 Å². The lowest BCUT2D eigenvalue weighted by Gasteiger charge is -2.21. The summed E-state index contributed by atoms with van der Waals surface area (Å²) in [4.78, 5) is 12.1. The first-order chi connectivity index (χ1) is 9.06. The van der Waals surface area contributed by atoms with E-state index < -0.39 is 0 Å². The highest BCUT2D eigenvalue weighted by Crippen LogP contribution is 2.18. The van der Waals surface area contributed by atoms with Gasteiger partial charge in [0.1, 0.15) is 5.82 Å². The number of aromatic nitrogens is 2. The highest BCUT2D eigenvalue weighted by atomic mass is 16.5. The highest BCUT2D eigenvalue weighted by molar-refractivity contribution is 5.91. The first-order valence-corrected chi connectivity index (χ1v) is 6.97. The van der Waals surface area contributed by atoms with E-state index in [1.165, 1.54) is 0 Å². The minimum Gasteiger partial charge on any atom is -0.381 e. The number of aryl methyl sites for hydroxylation is 1. The number of amides is 1. The average molecular weight is 265 g/mol. The number of hydrogen-bond acceptors (Lipinski definition) is 3. The topological polar surface area (TPSA) is 56.1 Å². The van der Waals surface area contributed by atoms with Crippen LogP contribution < -0.4 is 5.32 Å². The van der Waals surface area contributed by atoms with E-state index in [9.17, 15) is 4.79 Å². The van der Waals surface area contributed by atoms with Gasteiger partial charge < -0.3 is 10.1 Å². The molecule has 1 N–H and O–H groups in total. The maximum Gasteiger partial charge on any atom is 0.228 e. The summed E-state index contributed by atoms with van der Waals surface area (Å²) in [7, 11) is 1.86. The van der Waals surface area contributed by atoms with Crippen molar-refractivity contribution in [2.75, 3.05) is 18.5 Å². The van der Waals surface area contributed by atoms with E-state index in [0.717, 1.165) is 30.8 Å². The number of carbonyl (C=O) groups excluding carboxylic acids is 1. The third-order valence-corrected chi connectivity index (χ3v) is 3.39. The Balaban J connectivity index is 1.97. The molecule has 5 heteroatoms. The summed E-state index contributed by atoms with van der Waals surface area (Å²) >= 11 is 0. The highest BCUT2D eigenvalue weighted by Gasteiger charge is 2.22. The van der Waals surface area contributed by atoms with E-state index in [1.807, 2.05) is 13.1 Å². The first kappa shape index (κ1) is 14.1. The van der Waals surface area contributed by atoms with Gasteiger partial charge in [-0.1, -0.05) is 13.8 Å². The van der Waals surface area contributed by atoms with Crippen molar-refractivity contribution in [3.8, 4) is 0 Å². The van der Waals surface area contributed by atoms with Crippen LogP contribution >= 0.6 is 0 Å². The Morgan fingerprint density at radius 1 is 1.53 bits per heavy atom. The molecule has 0 saturated carbocycles. The van der Waals surface area contributed by atoms with Crippen LogP contribution in [0.25, 0.3) is 0 Å². The molecule has 1 aliphatic rings. The normalized spacial score (nSPS) is 16.8. The second-order valence-electron chi connectivity index (χ2n) is 5.62. The van der Waals surface area contributed by atoms with Crippen molar-refractivity contribution in [1.29, 1.82) is 0 Å². The number of nitrogens with zero attached hydrogens (tertiary/aromatic N) is 2. The quantitative estimate of drug-likeness (QED) is 0.905. The summed E-state index contributed by atoms with van der Waals surface area (Å²) in [6, 6.07) is 1.97. The number of carbonyl (C=O) groups is 1. The minimum absolute atomic E-state index is 0.0669. The van der Waals surface area contributed by atoms with Crippen molar-refractivity contribution < 1.29 is 9.53 Å². The Morgan fingerprint density at radius 3 is 2.84 bits per heavy atom. The maximum atomic E-state index is 12.1. The third-order valence-electron chi connectivity index (χ3n) is 3.39. The van der Waals surface area contributed by atoms with Crippen LogP contribution in [0.2, 0.25) is 0 Å². The molecule has 0 radical (unpaired) electrons. The zero-order chi connectivity index (χ0) is 13.8. The van der Waals surface area contributed by atoms with Crippen molar-refractivity contribution in [3.63, 3.8) is 0 Å². The zero-order valence-electron chi connectivity index (χ0n) is 12.0. The molecule has 1 aromatic heterocycles. The number of nitrogens with one attached hydrogen (secondary N) is 1. The Kier molecular flexibility index (Phi) is 4.58. The maximum absolute atomic E-state index is 12.1. The van der Waals surface area contributed by atoms with Gasteiger partial charge in [0.05, 0.1) is 5.69 Å². The smallest absolute Gasteiger partial charge is 0.228 e. The van der Waals surface area contributed by atoms with Crippen LogP contribution in [0.5, 0.6) is 0 Å². The van der Waals surface area contributed by atoms with Gasteiger partial charge in [-0.05, 0) is 25.2 Å². The van der Waals surface area contributed by atoms with E-state index in [1.54, 1.807) is 4.68 Å². The molecule has 1 amide bonds. The van der Waals surface area contributed by atoms with Crippen molar-refractivity contribution in [3.05, 3.63) is 11.8 Å². The van der Waals surface area contributed by atoms with Crippen LogP contribution in [0.3, 0.4) is 0 Å². The van der Waals surface area contributed by atoms with Crippen molar-refractivity contribution in [1.82, 2.24) is 9.78 Å². The summed E-state index contributed by atoms with van der Waals surface area (Å²) in [6.07, 6.45) is 2.55. The monoisotopic (exact) mass is 265 g/mol. The number of anilines is 1. The van der Waals surface area contributed by atoms with Crippen LogP contribution in [0.1, 0.15) is 32.4 Å². The second kappa shape index (κ2) is 6.19. The Hall–Kier alpha value is -1.36. The molecule has 0 atom stereocenters. The summed E-state index contributed by atoms with van der Waals surface area (Å²) in [6.45, 7) is 5.69. The Labute approximate surface area is 114 Å². The minimum atomic E-state index is 0.0669. The van der Waals surface area contributed by atoms with Crippen LogP contribution in [-0.4, -0.2) is 28.9 Å². The molecule has 1 aromatic rings. The molecule has 1 aliphatic heterocycles. The largest absolute Gasteiger partial charge is 0.381 e. The van der Waals surface area contributed by atoms with Gasteiger partial charge in [0.15, 0.2) is 0 Å². The summed E-state index contributed by atoms with van der Waals surface area (Å²) in [5.41, 5.74) is 1.03. The SMILES string of the molecule is CC(C)Cc1cc(NC(=O)C2CCOCC2)n(C)n1. The van der Waals surface area contributed by atoms with Crippen LogP contribution in [0.15, 0.2) is 6.07 Å². The standard InChI is InChI=1S/C14H23N3O2/c1-10(2)8-12-9-13(17(3)16-12)15-14(18)11-4-6-19-7-5-11/h9-11H,4-8H2,1-3H3,(H,15,18). The second-order valence-corrected chi connectivity index (χ2v) is 5.62. The van der Waals surface area contributed by atoms with Crippen molar-refractivity contribution >= 4 is 11.7 Å². The van der Waals surface area contributed by atoms with Gasteiger partial charge >= 0.3 is 0 Å². The molecular formula is C14H23N3O2. The molecular weight excluding hydrogens is 242 g/mol. The average Bonchev–Trinajstić information content (AvgIpc) is 2.69. The number of rotatable bonds is 4. The molecule has 1 saturated heterocycles. The fourth-order valence-electron chi connectivity index (χ4n) is 2.35. The molecule has 0 unspecified atom stereocenters. The van der Waals surface area contributed by atoms with Gasteiger partial charge in [0.25, 0.3) is 0 Å². The molecule has 0 spiro atoms. The van der Waals surface area contributed by atoms with E-state index >= 15 is 0 Å². The number of ether oxygens (including phenoxy) is 1. The molecule has 0 aliphatic carbocycles. The van der Waals surface area contributed by atoms with E-state index in [4.69, 9.17) is 4.74 Å². The molecule has 106 valence electrons. The van der Waals surface area contributed by atoms with Gasteiger partial charge in [-0.3, -0.25) is 9.48 Å². The summed E-state index contributed by atoms with van der Waals surface area (Å²) in [5.74, 6) is 1.50. The zero-order valence-corrected chi connectivity index (χ0v) is 12.0. The van der Waals surface area contributed by atoms with Crippen LogP contribution in [-0.2, 0) is 23.0 Å². The molecule has 5 nitrogen and oxygen atoms in total. The van der Waals surface area contributed by atoms with E-state index in [-0.39, 0.29) is 11.8 Å². The van der Waals surface area contributed by atoms with E-state index in [0.29, 0.717) is 19.1 Å². The van der Waals surface area contributed by atoms with Gasteiger partial charge in [-0.25, -0.2) is 0 Å². The lowest BCUT2D eigenvalue weighted by molar-refractivity contribution is -0.122. The van der Waals surface area contributed by atoms with Gasteiger partial charge in [0.2, 0.25) is 5.91 Å². The van der Waals surface area contributed by atoms with Crippen LogP contribution in [0, 0.1) is 11.8 Å². The van der Waals surface area contributed by atoms with Crippen LogP contribution in [0.4, 0.5) is 5.82 Å². The van der Waals surface area contributed by atoms with E-state index in [2.05, 4.69) is 24.3 Å². The van der Waals surface area contributed by atoms with Gasteiger partial charge in [-0.15, -0.1) is 0 Å². The molecule has 1 fully saturated rings. The molecule has 0 bridgehead atoms. The fraction of sp³-hybridized carbons (Fsp3) is 0.714.